The zero-order valence-corrected chi connectivity index (χ0v) is 11.8. The summed E-state index contributed by atoms with van der Waals surface area (Å²) in [7, 11) is 3.20. The van der Waals surface area contributed by atoms with Gasteiger partial charge in [-0.1, -0.05) is 11.6 Å². The number of aromatic nitrogens is 3. The van der Waals surface area contributed by atoms with E-state index >= 15 is 0 Å². The second kappa shape index (κ2) is 5.02. The van der Waals surface area contributed by atoms with Crippen LogP contribution in [0.25, 0.3) is 16.7 Å². The van der Waals surface area contributed by atoms with E-state index in [4.69, 9.17) is 21.1 Å². The molecule has 5 nitrogen and oxygen atoms in total. The van der Waals surface area contributed by atoms with Gasteiger partial charge >= 0.3 is 0 Å². The first-order valence-corrected chi connectivity index (χ1v) is 6.34. The quantitative estimate of drug-likeness (QED) is 0.743. The van der Waals surface area contributed by atoms with Crippen LogP contribution in [0.15, 0.2) is 36.4 Å². The number of hydrogen-bond acceptors (Lipinski definition) is 4. The Kier molecular flexibility index (Phi) is 3.20. The van der Waals surface area contributed by atoms with Gasteiger partial charge in [0, 0.05) is 11.1 Å². The van der Waals surface area contributed by atoms with Gasteiger partial charge in [0.1, 0.15) is 28.2 Å². The van der Waals surface area contributed by atoms with Crippen LogP contribution in [0.2, 0.25) is 5.02 Å². The van der Waals surface area contributed by atoms with E-state index in [0.29, 0.717) is 16.5 Å². The highest BCUT2D eigenvalue weighted by Crippen LogP contribution is 2.27. The first-order valence-electron chi connectivity index (χ1n) is 5.96. The number of ether oxygens (including phenoxy) is 2. The predicted molar refractivity (Wildman–Crippen MR) is 77.0 cm³/mol. The normalized spacial score (nSPS) is 10.8. The molecule has 1 aromatic heterocycles. The van der Waals surface area contributed by atoms with Gasteiger partial charge < -0.3 is 9.47 Å². The van der Waals surface area contributed by atoms with Crippen LogP contribution in [0, 0.1) is 0 Å². The van der Waals surface area contributed by atoms with Gasteiger partial charge in [-0.15, -0.1) is 15.0 Å². The Balaban J connectivity index is 2.14. The maximum atomic E-state index is 5.95. The molecule has 2 aromatic carbocycles. The molecule has 0 aliphatic rings. The fourth-order valence-corrected chi connectivity index (χ4v) is 2.11. The van der Waals surface area contributed by atoms with Gasteiger partial charge in [-0.25, -0.2) is 0 Å². The summed E-state index contributed by atoms with van der Waals surface area (Å²) >= 11 is 5.95. The average molecular weight is 290 g/mol. The van der Waals surface area contributed by atoms with Gasteiger partial charge in [0.15, 0.2) is 0 Å². The predicted octanol–water partition coefficient (Wildman–Crippen LogP) is 3.09. The number of fused-ring (bicyclic) bond motifs is 1. The second-order valence-electron chi connectivity index (χ2n) is 4.16. The van der Waals surface area contributed by atoms with E-state index in [0.717, 1.165) is 16.7 Å². The highest BCUT2D eigenvalue weighted by Gasteiger charge is 2.11. The number of methoxy groups -OCH3 is 2. The zero-order chi connectivity index (χ0) is 14.1. The molecule has 0 saturated heterocycles. The molecule has 3 rings (SSSR count). The Hall–Kier alpha value is -2.27. The average Bonchev–Trinajstić information content (AvgIpc) is 2.89. The molecule has 20 heavy (non-hydrogen) atoms. The van der Waals surface area contributed by atoms with Crippen LogP contribution in [0.1, 0.15) is 0 Å². The lowest BCUT2D eigenvalue weighted by atomic mass is 10.3. The molecule has 0 aliphatic heterocycles. The molecule has 0 bridgehead atoms. The molecule has 0 aliphatic carbocycles. The molecule has 0 unspecified atom stereocenters. The van der Waals surface area contributed by atoms with E-state index < -0.39 is 0 Å². The van der Waals surface area contributed by atoms with Crippen LogP contribution in [0.4, 0.5) is 0 Å². The molecular formula is C14H12ClN3O2. The Labute approximate surface area is 120 Å². The smallest absolute Gasteiger partial charge is 0.150 e. The highest BCUT2D eigenvalue weighted by atomic mass is 35.5. The molecule has 102 valence electrons. The molecule has 0 N–H and O–H groups in total. The van der Waals surface area contributed by atoms with Gasteiger partial charge in [-0.2, -0.15) is 0 Å². The first kappa shape index (κ1) is 12.7. The number of rotatable bonds is 3. The van der Waals surface area contributed by atoms with Crippen molar-refractivity contribution in [3.63, 3.8) is 0 Å². The Morgan fingerprint density at radius 3 is 2.50 bits per heavy atom. The van der Waals surface area contributed by atoms with Crippen molar-refractivity contribution in [2.24, 2.45) is 0 Å². The van der Waals surface area contributed by atoms with Crippen molar-refractivity contribution in [2.45, 2.75) is 0 Å². The number of halogens is 1. The van der Waals surface area contributed by atoms with Gasteiger partial charge in [0.05, 0.1) is 14.2 Å². The van der Waals surface area contributed by atoms with E-state index in [1.54, 1.807) is 32.4 Å². The third-order valence-electron chi connectivity index (χ3n) is 2.94. The lowest BCUT2D eigenvalue weighted by molar-refractivity contribution is 0.391. The summed E-state index contributed by atoms with van der Waals surface area (Å²) in [6.45, 7) is 0. The van der Waals surface area contributed by atoms with Crippen molar-refractivity contribution in [1.82, 2.24) is 15.0 Å². The Morgan fingerprint density at radius 2 is 1.75 bits per heavy atom. The molecule has 0 radical (unpaired) electrons. The summed E-state index contributed by atoms with van der Waals surface area (Å²) in [6, 6.07) is 10.9. The monoisotopic (exact) mass is 289 g/mol. The summed E-state index contributed by atoms with van der Waals surface area (Å²) in [5.74, 6) is 1.35. The van der Waals surface area contributed by atoms with Crippen molar-refractivity contribution in [3.05, 3.63) is 41.4 Å². The van der Waals surface area contributed by atoms with E-state index in [1.165, 1.54) is 4.80 Å². The van der Waals surface area contributed by atoms with E-state index in [-0.39, 0.29) is 0 Å². The van der Waals surface area contributed by atoms with E-state index in [9.17, 15) is 0 Å². The van der Waals surface area contributed by atoms with Crippen LogP contribution >= 0.6 is 11.6 Å². The standard InChI is InChI=1S/C14H12ClN3O2/c1-19-10-4-6-13(14(8-10)20-2)18-16-11-5-3-9(15)7-12(11)17-18/h3-8H,1-2H3. The number of hydrogen-bond donors (Lipinski definition) is 0. The minimum atomic E-state index is 0.631. The van der Waals surface area contributed by atoms with Gasteiger partial charge in [0.2, 0.25) is 0 Å². The molecule has 0 fully saturated rings. The van der Waals surface area contributed by atoms with Crippen molar-refractivity contribution in [2.75, 3.05) is 14.2 Å². The summed E-state index contributed by atoms with van der Waals surface area (Å²) in [4.78, 5) is 1.53. The lowest BCUT2D eigenvalue weighted by Gasteiger charge is -2.08. The summed E-state index contributed by atoms with van der Waals surface area (Å²) in [6.07, 6.45) is 0. The van der Waals surface area contributed by atoms with Crippen LogP contribution in [-0.2, 0) is 0 Å². The lowest BCUT2D eigenvalue weighted by Crippen LogP contribution is -2.01. The van der Waals surface area contributed by atoms with Crippen molar-refractivity contribution >= 4 is 22.6 Å². The molecular weight excluding hydrogens is 278 g/mol. The number of benzene rings is 2. The van der Waals surface area contributed by atoms with Gasteiger partial charge in [-0.3, -0.25) is 0 Å². The van der Waals surface area contributed by atoms with Gasteiger partial charge in [0.25, 0.3) is 0 Å². The van der Waals surface area contributed by atoms with Crippen LogP contribution in [0.3, 0.4) is 0 Å². The van der Waals surface area contributed by atoms with Crippen LogP contribution in [0.5, 0.6) is 11.5 Å². The topological polar surface area (TPSA) is 49.2 Å². The molecule has 0 atom stereocenters. The summed E-state index contributed by atoms with van der Waals surface area (Å²) in [5, 5.41) is 9.45. The maximum absolute atomic E-state index is 5.95. The molecule has 0 spiro atoms. The summed E-state index contributed by atoms with van der Waals surface area (Å²) in [5.41, 5.74) is 2.24. The fourth-order valence-electron chi connectivity index (χ4n) is 1.95. The highest BCUT2D eigenvalue weighted by molar-refractivity contribution is 6.31. The van der Waals surface area contributed by atoms with Crippen LogP contribution in [-0.4, -0.2) is 29.2 Å². The van der Waals surface area contributed by atoms with Gasteiger partial charge in [-0.05, 0) is 30.3 Å². The molecule has 0 amide bonds. The Bertz CT molecular complexity index is 770. The van der Waals surface area contributed by atoms with Crippen molar-refractivity contribution in [1.29, 1.82) is 0 Å². The van der Waals surface area contributed by atoms with E-state index in [1.807, 2.05) is 18.2 Å². The third-order valence-corrected chi connectivity index (χ3v) is 3.18. The molecule has 3 aromatic rings. The van der Waals surface area contributed by atoms with Crippen LogP contribution < -0.4 is 9.47 Å². The Morgan fingerprint density at radius 1 is 0.950 bits per heavy atom. The largest absolute Gasteiger partial charge is 0.497 e. The van der Waals surface area contributed by atoms with E-state index in [2.05, 4.69) is 10.2 Å². The number of nitrogens with zero attached hydrogens (tertiary/aromatic N) is 3. The maximum Gasteiger partial charge on any atom is 0.150 e. The second-order valence-corrected chi connectivity index (χ2v) is 4.60. The minimum Gasteiger partial charge on any atom is -0.497 e. The minimum absolute atomic E-state index is 0.631. The third kappa shape index (κ3) is 2.16. The van der Waals surface area contributed by atoms with Crippen molar-refractivity contribution < 1.29 is 9.47 Å². The zero-order valence-electron chi connectivity index (χ0n) is 11.0. The van der Waals surface area contributed by atoms with Crippen molar-refractivity contribution in [3.8, 4) is 17.2 Å². The molecule has 0 saturated carbocycles. The fraction of sp³-hybridized carbons (Fsp3) is 0.143. The SMILES string of the molecule is COc1ccc(-n2nc3ccc(Cl)cc3n2)c(OC)c1. The first-order chi connectivity index (χ1) is 9.71. The molecule has 6 heteroatoms. The summed E-state index contributed by atoms with van der Waals surface area (Å²) < 4.78 is 10.5. The molecule has 1 heterocycles.